The van der Waals surface area contributed by atoms with E-state index in [0.717, 1.165) is 16.7 Å². The van der Waals surface area contributed by atoms with E-state index in [-0.39, 0.29) is 60.3 Å². The number of nitrogens with one attached hydrogen (secondary N) is 1. The highest BCUT2D eigenvalue weighted by molar-refractivity contribution is 6.25. The van der Waals surface area contributed by atoms with Crippen molar-refractivity contribution in [2.75, 3.05) is 33.4 Å². The second-order valence-electron chi connectivity index (χ2n) is 11.3. The Morgan fingerprint density at radius 1 is 1.18 bits per heavy atom. The molecular weight excluding hydrogens is 512 g/mol. The number of piperazine rings is 1. The van der Waals surface area contributed by atoms with Crippen LogP contribution in [0.15, 0.2) is 28.5 Å². The Morgan fingerprint density at radius 2 is 1.88 bits per heavy atom. The minimum Gasteiger partial charge on any atom is -0.504 e. The number of allylic oxidation sites excluding steroid dienone is 2. The number of Topliss-reactive ketones (excluding diaryl/α,β-unsaturated/α-hetero) is 2. The van der Waals surface area contributed by atoms with Gasteiger partial charge in [-0.05, 0) is 65.6 Å². The fourth-order valence-corrected chi connectivity index (χ4v) is 7.03. The number of nitrogens with two attached hydrogens (primary N) is 1. The smallest absolute Gasteiger partial charge is 0.236 e. The van der Waals surface area contributed by atoms with E-state index in [4.69, 9.17) is 15.2 Å². The third-order valence-corrected chi connectivity index (χ3v) is 8.88. The summed E-state index contributed by atoms with van der Waals surface area (Å²) in [5.41, 5.74) is 9.76. The van der Waals surface area contributed by atoms with Crippen LogP contribution in [0.5, 0.6) is 11.5 Å². The highest BCUT2D eigenvalue weighted by Crippen LogP contribution is 2.52. The number of aryl methyl sites for hydroxylation is 1. The lowest BCUT2D eigenvalue weighted by Gasteiger charge is -2.58. The lowest BCUT2D eigenvalue weighted by molar-refractivity contribution is -0.124. The van der Waals surface area contributed by atoms with Crippen molar-refractivity contribution in [2.24, 2.45) is 5.73 Å². The number of carbonyl (C=O) groups is 3. The molecule has 10 heteroatoms. The van der Waals surface area contributed by atoms with E-state index in [2.05, 4.69) is 28.2 Å². The molecule has 1 aliphatic carbocycles. The largest absolute Gasteiger partial charge is 0.504 e. The number of amides is 1. The van der Waals surface area contributed by atoms with Crippen LogP contribution in [-0.4, -0.2) is 89.9 Å². The fraction of sp³-hybridized carbons (Fsp3) is 0.567. The molecule has 40 heavy (non-hydrogen) atoms. The molecule has 0 aromatic heterocycles. The Bertz CT molecular complexity index is 1330. The molecule has 5 unspecified atom stereocenters. The number of aromatic hydroxyl groups is 1. The molecule has 0 saturated carbocycles. The molecule has 1 fully saturated rings. The first-order chi connectivity index (χ1) is 19.0. The van der Waals surface area contributed by atoms with Crippen LogP contribution in [0.25, 0.3) is 0 Å². The number of fused-ring (bicyclic) bond motifs is 6. The van der Waals surface area contributed by atoms with Crippen LogP contribution in [0.4, 0.5) is 0 Å². The predicted octanol–water partition coefficient (Wildman–Crippen LogP) is 1.68. The summed E-state index contributed by atoms with van der Waals surface area (Å²) in [5, 5.41) is 14.4. The minimum absolute atomic E-state index is 0.0855. The number of hydrogen-bond donors (Lipinski definition) is 3. The van der Waals surface area contributed by atoms with Gasteiger partial charge in [-0.15, -0.1) is 0 Å². The van der Waals surface area contributed by atoms with Crippen LogP contribution in [0.3, 0.4) is 0 Å². The summed E-state index contributed by atoms with van der Waals surface area (Å²) in [5.74, 6) is -0.131. The molecule has 10 nitrogen and oxygen atoms in total. The number of phenols is 1. The zero-order valence-electron chi connectivity index (χ0n) is 24.2. The van der Waals surface area contributed by atoms with E-state index < -0.39 is 12.1 Å². The molecule has 3 aliphatic heterocycles. The first kappa shape index (κ1) is 28.3. The van der Waals surface area contributed by atoms with E-state index in [0.29, 0.717) is 48.5 Å². The molecule has 216 valence electrons. The number of nitrogens with zero attached hydrogens (tertiary/aromatic N) is 2. The predicted molar refractivity (Wildman–Crippen MR) is 149 cm³/mol. The van der Waals surface area contributed by atoms with Crippen molar-refractivity contribution in [3.8, 4) is 11.5 Å². The Kier molecular flexibility index (Phi) is 7.54. The van der Waals surface area contributed by atoms with Gasteiger partial charge in [-0.25, -0.2) is 0 Å². The molecule has 0 radical (unpaired) electrons. The molecule has 1 amide bonds. The van der Waals surface area contributed by atoms with Gasteiger partial charge in [-0.2, -0.15) is 0 Å². The summed E-state index contributed by atoms with van der Waals surface area (Å²) in [7, 11) is 2.05. The number of benzene rings is 1. The Labute approximate surface area is 235 Å². The van der Waals surface area contributed by atoms with Gasteiger partial charge in [-0.1, -0.05) is 6.07 Å². The van der Waals surface area contributed by atoms with Gasteiger partial charge in [0, 0.05) is 47.5 Å². The molecule has 1 aromatic carbocycles. The zero-order valence-corrected chi connectivity index (χ0v) is 24.2. The third-order valence-electron chi connectivity index (χ3n) is 8.88. The minimum atomic E-state index is -0.714. The van der Waals surface area contributed by atoms with E-state index in [1.54, 1.807) is 20.8 Å². The standard InChI is InChI=1S/C30H40N4O6/c1-7-39-28-14(3)9-17-10-18-13-34-20(24(33(18)6)22(17)26(28)36)11-19-23(21(34)12-32-30(38)16(5)31)27(37)29(40-8-2)15(4)25(19)35/h9,16,18,20-21,24,36H,7-8,10-13,31H2,1-6H3,(H,32,38). The second kappa shape index (κ2) is 10.6. The first-order valence-electron chi connectivity index (χ1n) is 14.2. The molecule has 2 bridgehead atoms. The van der Waals surface area contributed by atoms with E-state index in [1.165, 1.54) is 0 Å². The van der Waals surface area contributed by atoms with Crippen LogP contribution < -0.4 is 15.8 Å². The van der Waals surface area contributed by atoms with E-state index in [1.807, 2.05) is 13.8 Å². The molecule has 3 heterocycles. The maximum atomic E-state index is 13.9. The second-order valence-corrected chi connectivity index (χ2v) is 11.3. The zero-order chi connectivity index (χ0) is 29.0. The summed E-state index contributed by atoms with van der Waals surface area (Å²) >= 11 is 0. The third kappa shape index (κ3) is 4.33. The van der Waals surface area contributed by atoms with Crippen molar-refractivity contribution in [1.82, 2.24) is 15.1 Å². The van der Waals surface area contributed by atoms with Crippen molar-refractivity contribution in [3.05, 3.63) is 45.2 Å². The van der Waals surface area contributed by atoms with Crippen molar-refractivity contribution >= 4 is 17.5 Å². The first-order valence-corrected chi connectivity index (χ1v) is 14.2. The Balaban J connectivity index is 1.64. The molecule has 4 aliphatic rings. The molecular formula is C30H40N4O6. The molecule has 1 saturated heterocycles. The van der Waals surface area contributed by atoms with Gasteiger partial charge in [0.1, 0.15) is 0 Å². The van der Waals surface area contributed by atoms with Crippen molar-refractivity contribution in [1.29, 1.82) is 0 Å². The number of carbonyl (C=O) groups excluding carboxylic acids is 3. The van der Waals surface area contributed by atoms with Crippen LogP contribution >= 0.6 is 0 Å². The average Bonchev–Trinajstić information content (AvgIpc) is 2.90. The molecule has 4 N–H and O–H groups in total. The van der Waals surface area contributed by atoms with E-state index in [9.17, 15) is 19.5 Å². The summed E-state index contributed by atoms with van der Waals surface area (Å²) in [6, 6.07) is 0.482. The fourth-order valence-electron chi connectivity index (χ4n) is 7.03. The number of ether oxygens (including phenoxy) is 2. The average molecular weight is 553 g/mol. The monoisotopic (exact) mass is 552 g/mol. The van der Waals surface area contributed by atoms with Gasteiger partial charge in [0.05, 0.1) is 31.3 Å². The van der Waals surface area contributed by atoms with Crippen LogP contribution in [0, 0.1) is 6.92 Å². The summed E-state index contributed by atoms with van der Waals surface area (Å²) in [6.07, 6.45) is 1.06. The maximum absolute atomic E-state index is 13.9. The number of rotatable bonds is 7. The molecule has 5 atom stereocenters. The summed E-state index contributed by atoms with van der Waals surface area (Å²) in [6.45, 7) is 10.3. The Hall–Kier alpha value is -3.21. The van der Waals surface area contributed by atoms with Gasteiger partial charge in [0.25, 0.3) is 0 Å². The number of likely N-dealkylation sites (N-methyl/N-ethyl adjacent to an activating group) is 1. The van der Waals surface area contributed by atoms with E-state index >= 15 is 0 Å². The normalized spacial score (nSPS) is 27.2. The number of ketones is 2. The SMILES string of the molecule is CCOC1=C(C)C(=O)C2=C(C1=O)C(CNC(=O)C(C)N)N1CC3Cc4cc(C)c(OCC)c(O)c4C(C1C2)N3C. The Morgan fingerprint density at radius 3 is 2.52 bits per heavy atom. The lowest BCUT2D eigenvalue weighted by Crippen LogP contribution is -2.67. The van der Waals surface area contributed by atoms with Gasteiger partial charge in [0.15, 0.2) is 23.0 Å². The summed E-state index contributed by atoms with van der Waals surface area (Å²) in [4.78, 5) is 44.7. The number of hydrogen-bond acceptors (Lipinski definition) is 9. The van der Waals surface area contributed by atoms with Gasteiger partial charge in [-0.3, -0.25) is 24.2 Å². The lowest BCUT2D eigenvalue weighted by atomic mass is 9.71. The van der Waals surface area contributed by atoms with Crippen molar-refractivity contribution in [2.45, 2.75) is 77.7 Å². The molecule has 5 rings (SSSR count). The summed E-state index contributed by atoms with van der Waals surface area (Å²) < 4.78 is 11.5. The van der Waals surface area contributed by atoms with Crippen LogP contribution in [-0.2, 0) is 25.5 Å². The maximum Gasteiger partial charge on any atom is 0.236 e. The van der Waals surface area contributed by atoms with Gasteiger partial charge < -0.3 is 25.6 Å². The quantitative estimate of drug-likeness (QED) is 0.432. The number of phenolic OH excluding ortho intramolecular Hbond substituents is 1. The topological polar surface area (TPSA) is 134 Å². The highest BCUT2D eigenvalue weighted by atomic mass is 16.5. The van der Waals surface area contributed by atoms with Crippen LogP contribution in [0.2, 0.25) is 0 Å². The van der Waals surface area contributed by atoms with Crippen molar-refractivity contribution < 1.29 is 29.0 Å². The van der Waals surface area contributed by atoms with Gasteiger partial charge >= 0.3 is 0 Å². The van der Waals surface area contributed by atoms with Crippen molar-refractivity contribution in [3.63, 3.8) is 0 Å². The van der Waals surface area contributed by atoms with Crippen LogP contribution in [0.1, 0.15) is 56.8 Å². The van der Waals surface area contributed by atoms with Gasteiger partial charge in [0.2, 0.25) is 11.7 Å². The molecule has 0 spiro atoms. The highest BCUT2D eigenvalue weighted by Gasteiger charge is 2.54. The molecule has 1 aromatic rings.